The second-order valence-electron chi connectivity index (χ2n) is 4.84. The predicted octanol–water partition coefficient (Wildman–Crippen LogP) is 2.52. The Bertz CT molecular complexity index is 575. The van der Waals surface area contributed by atoms with E-state index in [1.165, 1.54) is 11.3 Å². The molecular weight excluding hydrogens is 250 g/mol. The number of rotatable bonds is 6. The van der Waals surface area contributed by atoms with Crippen molar-refractivity contribution < 1.29 is 4.74 Å². The predicted molar refractivity (Wildman–Crippen MR) is 81.0 cm³/mol. The summed E-state index contributed by atoms with van der Waals surface area (Å²) in [5.74, 6) is 0.849. The van der Waals surface area contributed by atoms with Gasteiger partial charge in [-0.3, -0.25) is 4.68 Å². The lowest BCUT2D eigenvalue weighted by Gasteiger charge is -2.10. The number of aryl methyl sites for hydroxylation is 2. The first-order chi connectivity index (χ1) is 9.71. The van der Waals surface area contributed by atoms with Gasteiger partial charge in [-0.2, -0.15) is 5.10 Å². The van der Waals surface area contributed by atoms with Crippen LogP contribution in [-0.2, 0) is 25.9 Å². The van der Waals surface area contributed by atoms with E-state index in [0.717, 1.165) is 36.4 Å². The van der Waals surface area contributed by atoms with E-state index in [9.17, 15) is 0 Å². The van der Waals surface area contributed by atoms with Crippen molar-refractivity contribution in [1.29, 1.82) is 0 Å². The van der Waals surface area contributed by atoms with Gasteiger partial charge in [-0.25, -0.2) is 0 Å². The standard InChI is InChI=1S/C16H23N3O/c1-4-14-9-15(5-2)19(18-14)11-12-6-7-16(20-3)13(8-12)10-17/h6-9H,4-5,10-11,17H2,1-3H3. The minimum atomic E-state index is 0.483. The first-order valence-electron chi connectivity index (χ1n) is 7.13. The third kappa shape index (κ3) is 3.02. The highest BCUT2D eigenvalue weighted by Gasteiger charge is 2.08. The molecule has 0 saturated carbocycles. The molecule has 2 rings (SSSR count). The van der Waals surface area contributed by atoms with Gasteiger partial charge in [-0.05, 0) is 36.6 Å². The Kier molecular flexibility index (Phi) is 4.79. The Balaban J connectivity index is 2.27. The van der Waals surface area contributed by atoms with Gasteiger partial charge in [0.1, 0.15) is 5.75 Å². The zero-order chi connectivity index (χ0) is 14.5. The van der Waals surface area contributed by atoms with Gasteiger partial charge >= 0.3 is 0 Å². The minimum absolute atomic E-state index is 0.483. The van der Waals surface area contributed by atoms with Gasteiger partial charge < -0.3 is 10.5 Å². The molecule has 0 aliphatic heterocycles. The lowest BCUT2D eigenvalue weighted by molar-refractivity contribution is 0.409. The molecular formula is C16H23N3O. The van der Waals surface area contributed by atoms with E-state index in [1.54, 1.807) is 7.11 Å². The smallest absolute Gasteiger partial charge is 0.123 e. The van der Waals surface area contributed by atoms with Crippen LogP contribution in [-0.4, -0.2) is 16.9 Å². The largest absolute Gasteiger partial charge is 0.496 e. The number of nitrogens with zero attached hydrogens (tertiary/aromatic N) is 2. The Labute approximate surface area is 120 Å². The van der Waals surface area contributed by atoms with Crippen LogP contribution >= 0.6 is 0 Å². The van der Waals surface area contributed by atoms with E-state index < -0.39 is 0 Å². The van der Waals surface area contributed by atoms with E-state index >= 15 is 0 Å². The Morgan fingerprint density at radius 1 is 1.20 bits per heavy atom. The first-order valence-corrected chi connectivity index (χ1v) is 7.13. The van der Waals surface area contributed by atoms with Crippen LogP contribution in [0.5, 0.6) is 5.75 Å². The third-order valence-electron chi connectivity index (χ3n) is 3.54. The molecule has 0 spiro atoms. The molecule has 0 aliphatic rings. The topological polar surface area (TPSA) is 53.1 Å². The van der Waals surface area contributed by atoms with Crippen LogP contribution in [0, 0.1) is 0 Å². The average molecular weight is 273 g/mol. The minimum Gasteiger partial charge on any atom is -0.496 e. The summed E-state index contributed by atoms with van der Waals surface area (Å²) in [4.78, 5) is 0. The highest BCUT2D eigenvalue weighted by molar-refractivity contribution is 5.37. The second kappa shape index (κ2) is 6.57. The van der Waals surface area contributed by atoms with E-state index in [2.05, 4.69) is 41.8 Å². The fourth-order valence-electron chi connectivity index (χ4n) is 2.37. The molecule has 0 fully saturated rings. The van der Waals surface area contributed by atoms with Crippen LogP contribution in [0.3, 0.4) is 0 Å². The van der Waals surface area contributed by atoms with Crippen molar-refractivity contribution in [3.8, 4) is 5.75 Å². The zero-order valence-electron chi connectivity index (χ0n) is 12.5. The molecule has 0 unspecified atom stereocenters. The summed E-state index contributed by atoms with van der Waals surface area (Å²) in [5.41, 5.74) is 10.4. The third-order valence-corrected chi connectivity index (χ3v) is 3.54. The maximum absolute atomic E-state index is 5.77. The SMILES string of the molecule is CCc1cc(CC)n(Cc2ccc(OC)c(CN)c2)n1. The van der Waals surface area contributed by atoms with Crippen molar-refractivity contribution in [1.82, 2.24) is 9.78 Å². The number of hydrogen-bond acceptors (Lipinski definition) is 3. The van der Waals surface area contributed by atoms with Gasteiger partial charge in [-0.1, -0.05) is 19.9 Å². The molecule has 4 nitrogen and oxygen atoms in total. The fraction of sp³-hybridized carbons (Fsp3) is 0.438. The van der Waals surface area contributed by atoms with Gasteiger partial charge in [-0.15, -0.1) is 0 Å². The monoisotopic (exact) mass is 273 g/mol. The van der Waals surface area contributed by atoms with Crippen molar-refractivity contribution in [3.05, 3.63) is 46.8 Å². The van der Waals surface area contributed by atoms with Crippen LogP contribution in [0.15, 0.2) is 24.3 Å². The number of hydrogen-bond donors (Lipinski definition) is 1. The normalized spacial score (nSPS) is 10.8. The molecule has 1 heterocycles. The van der Waals surface area contributed by atoms with Gasteiger partial charge in [0.15, 0.2) is 0 Å². The number of nitrogens with two attached hydrogens (primary N) is 1. The van der Waals surface area contributed by atoms with Crippen LogP contribution < -0.4 is 10.5 Å². The first kappa shape index (κ1) is 14.6. The summed E-state index contributed by atoms with van der Waals surface area (Å²) < 4.78 is 7.39. The van der Waals surface area contributed by atoms with Crippen molar-refractivity contribution in [3.63, 3.8) is 0 Å². The molecule has 0 saturated heterocycles. The summed E-state index contributed by atoms with van der Waals surface area (Å²) in [5, 5.41) is 4.65. The molecule has 0 amide bonds. The summed E-state index contributed by atoms with van der Waals surface area (Å²) in [7, 11) is 1.67. The molecule has 1 aromatic carbocycles. The molecule has 108 valence electrons. The van der Waals surface area contributed by atoms with Crippen molar-refractivity contribution in [2.75, 3.05) is 7.11 Å². The number of aromatic nitrogens is 2. The van der Waals surface area contributed by atoms with Crippen molar-refractivity contribution >= 4 is 0 Å². The lowest BCUT2D eigenvalue weighted by Crippen LogP contribution is -2.07. The highest BCUT2D eigenvalue weighted by Crippen LogP contribution is 2.20. The quantitative estimate of drug-likeness (QED) is 0.880. The molecule has 0 aliphatic carbocycles. The molecule has 20 heavy (non-hydrogen) atoms. The highest BCUT2D eigenvalue weighted by atomic mass is 16.5. The van der Waals surface area contributed by atoms with Gasteiger partial charge in [0, 0.05) is 17.8 Å². The van der Waals surface area contributed by atoms with Crippen LogP contribution in [0.1, 0.15) is 36.4 Å². The fourth-order valence-corrected chi connectivity index (χ4v) is 2.37. The van der Waals surface area contributed by atoms with Gasteiger partial charge in [0.05, 0.1) is 19.3 Å². The molecule has 0 bridgehead atoms. The Hall–Kier alpha value is -1.81. The second-order valence-corrected chi connectivity index (χ2v) is 4.84. The maximum atomic E-state index is 5.77. The van der Waals surface area contributed by atoms with Crippen LogP contribution in [0.25, 0.3) is 0 Å². The maximum Gasteiger partial charge on any atom is 0.123 e. The zero-order valence-corrected chi connectivity index (χ0v) is 12.5. The number of methoxy groups -OCH3 is 1. The lowest BCUT2D eigenvalue weighted by atomic mass is 10.1. The van der Waals surface area contributed by atoms with Crippen molar-refractivity contribution in [2.45, 2.75) is 39.8 Å². The summed E-state index contributed by atoms with van der Waals surface area (Å²) in [6.07, 6.45) is 1.96. The summed E-state index contributed by atoms with van der Waals surface area (Å²) >= 11 is 0. The van der Waals surface area contributed by atoms with E-state index in [-0.39, 0.29) is 0 Å². The molecule has 2 aromatic rings. The molecule has 4 heteroatoms. The summed E-state index contributed by atoms with van der Waals surface area (Å²) in [6.45, 7) is 5.55. The van der Waals surface area contributed by atoms with Crippen LogP contribution in [0.4, 0.5) is 0 Å². The summed E-state index contributed by atoms with van der Waals surface area (Å²) in [6, 6.07) is 8.34. The molecule has 0 radical (unpaired) electrons. The van der Waals surface area contributed by atoms with Crippen LogP contribution in [0.2, 0.25) is 0 Å². The van der Waals surface area contributed by atoms with E-state index in [0.29, 0.717) is 6.54 Å². The average Bonchev–Trinajstić information content (AvgIpc) is 2.89. The molecule has 0 atom stereocenters. The van der Waals surface area contributed by atoms with E-state index in [4.69, 9.17) is 10.5 Å². The Morgan fingerprint density at radius 2 is 2.00 bits per heavy atom. The molecule has 2 N–H and O–H groups in total. The molecule has 1 aromatic heterocycles. The Morgan fingerprint density at radius 3 is 2.60 bits per heavy atom. The number of benzene rings is 1. The van der Waals surface area contributed by atoms with E-state index in [1.807, 2.05) is 6.07 Å². The van der Waals surface area contributed by atoms with Gasteiger partial charge in [0.25, 0.3) is 0 Å². The van der Waals surface area contributed by atoms with Gasteiger partial charge in [0.2, 0.25) is 0 Å². The van der Waals surface area contributed by atoms with Crippen molar-refractivity contribution in [2.24, 2.45) is 5.73 Å². The number of ether oxygens (including phenoxy) is 1.